The normalized spacial score (nSPS) is 13.8. The number of hydrogen-bond acceptors (Lipinski definition) is 4. The number of anilines is 1. The average molecular weight is 454 g/mol. The monoisotopic (exact) mass is 453 g/mol. The smallest absolute Gasteiger partial charge is 0.319 e. The van der Waals surface area contributed by atoms with Crippen molar-refractivity contribution in [3.8, 4) is 17.0 Å². The second-order valence-corrected chi connectivity index (χ2v) is 8.32. The number of halogens is 1. The summed E-state index contributed by atoms with van der Waals surface area (Å²) >= 11 is 5.91. The number of amides is 2. The van der Waals surface area contributed by atoms with Crippen molar-refractivity contribution in [1.82, 2.24) is 20.0 Å². The van der Waals surface area contributed by atoms with Crippen LogP contribution in [0.3, 0.4) is 0 Å². The van der Waals surface area contributed by atoms with E-state index < -0.39 is 0 Å². The molecule has 8 heteroatoms. The van der Waals surface area contributed by atoms with Crippen LogP contribution in [0.5, 0.6) is 5.75 Å². The lowest BCUT2D eigenvalue weighted by molar-refractivity contribution is 0.238. The Morgan fingerprint density at radius 1 is 1.12 bits per heavy atom. The van der Waals surface area contributed by atoms with Gasteiger partial charge in [-0.15, -0.1) is 0 Å². The number of aryl methyl sites for hydroxylation is 1. The number of carbonyl (C=O) groups excluding carboxylic acids is 1. The first kappa shape index (κ1) is 22.2. The molecule has 3 aromatic rings. The number of rotatable bonds is 8. The molecule has 4 rings (SSSR count). The van der Waals surface area contributed by atoms with Crippen molar-refractivity contribution in [3.05, 3.63) is 65.3 Å². The van der Waals surface area contributed by atoms with Crippen molar-refractivity contribution >= 4 is 23.3 Å². The predicted octanol–water partition coefficient (Wildman–Crippen LogP) is 4.54. The van der Waals surface area contributed by atoms with E-state index >= 15 is 0 Å². The van der Waals surface area contributed by atoms with Crippen molar-refractivity contribution in [2.75, 3.05) is 31.6 Å². The maximum absolute atomic E-state index is 12.4. The number of benzene rings is 2. The number of nitrogens with zero attached hydrogens (tertiary/aromatic N) is 3. The summed E-state index contributed by atoms with van der Waals surface area (Å²) in [5.74, 6) is 0.778. The Balaban J connectivity index is 1.42. The molecule has 1 aliphatic rings. The van der Waals surface area contributed by atoms with Gasteiger partial charge in [0.1, 0.15) is 12.4 Å². The van der Waals surface area contributed by atoms with Crippen LogP contribution < -0.4 is 15.4 Å². The summed E-state index contributed by atoms with van der Waals surface area (Å²) in [5.41, 5.74) is 3.47. The maximum Gasteiger partial charge on any atom is 0.319 e. The number of aromatic nitrogens is 2. The zero-order valence-corrected chi connectivity index (χ0v) is 18.9. The third-order valence-corrected chi connectivity index (χ3v) is 5.82. The van der Waals surface area contributed by atoms with Gasteiger partial charge in [0, 0.05) is 42.6 Å². The Kier molecular flexibility index (Phi) is 7.29. The van der Waals surface area contributed by atoms with Crippen LogP contribution in [0.4, 0.5) is 10.5 Å². The van der Waals surface area contributed by atoms with Gasteiger partial charge in [-0.25, -0.2) is 4.79 Å². The Morgan fingerprint density at radius 2 is 1.91 bits per heavy atom. The zero-order valence-electron chi connectivity index (χ0n) is 18.2. The molecule has 168 valence electrons. The lowest BCUT2D eigenvalue weighted by Crippen LogP contribution is -2.28. The Bertz CT molecular complexity index is 1040. The molecule has 0 aliphatic carbocycles. The van der Waals surface area contributed by atoms with Gasteiger partial charge in [-0.3, -0.25) is 9.58 Å². The van der Waals surface area contributed by atoms with Crippen LogP contribution in [0.2, 0.25) is 5.02 Å². The molecule has 1 aromatic heterocycles. The van der Waals surface area contributed by atoms with E-state index in [2.05, 4.69) is 20.6 Å². The van der Waals surface area contributed by atoms with Crippen LogP contribution in [-0.2, 0) is 13.6 Å². The standard InChI is InChI=1S/C24H28ClN5O2/c1-29-22(10-11-27-29)21-16-20(8-9-23(21)32-15-14-30-12-2-3-13-30)28-24(31)26-17-18-4-6-19(25)7-5-18/h4-11,16H,2-3,12-15,17H2,1H3,(H2,26,28,31). The van der Waals surface area contributed by atoms with E-state index in [4.69, 9.17) is 16.3 Å². The Labute approximate surface area is 193 Å². The molecule has 7 nitrogen and oxygen atoms in total. The van der Waals surface area contributed by atoms with Crippen LogP contribution in [0, 0.1) is 0 Å². The first-order valence-electron chi connectivity index (χ1n) is 10.9. The van der Waals surface area contributed by atoms with E-state index in [9.17, 15) is 4.79 Å². The van der Waals surface area contributed by atoms with Crippen molar-refractivity contribution < 1.29 is 9.53 Å². The Hall–Kier alpha value is -3.03. The zero-order chi connectivity index (χ0) is 22.3. The quantitative estimate of drug-likeness (QED) is 0.525. The summed E-state index contributed by atoms with van der Waals surface area (Å²) in [5, 5.41) is 10.7. The van der Waals surface area contributed by atoms with Gasteiger partial charge in [-0.2, -0.15) is 5.10 Å². The predicted molar refractivity (Wildman–Crippen MR) is 127 cm³/mol. The minimum atomic E-state index is -0.279. The second-order valence-electron chi connectivity index (χ2n) is 7.88. The number of hydrogen-bond donors (Lipinski definition) is 2. The molecule has 1 aliphatic heterocycles. The van der Waals surface area contributed by atoms with Crippen LogP contribution in [0.1, 0.15) is 18.4 Å². The second kappa shape index (κ2) is 10.5. The summed E-state index contributed by atoms with van der Waals surface area (Å²) in [4.78, 5) is 14.8. The number of likely N-dealkylation sites (tertiary alicyclic amines) is 1. The van der Waals surface area contributed by atoms with Gasteiger partial charge >= 0.3 is 6.03 Å². The number of urea groups is 1. The molecule has 0 radical (unpaired) electrons. The molecule has 2 amide bonds. The van der Waals surface area contributed by atoms with Gasteiger partial charge in [-0.1, -0.05) is 23.7 Å². The van der Waals surface area contributed by atoms with E-state index in [1.807, 2.05) is 43.4 Å². The molecule has 1 fully saturated rings. The van der Waals surface area contributed by atoms with Crippen molar-refractivity contribution in [1.29, 1.82) is 0 Å². The molecular weight excluding hydrogens is 426 g/mol. The van der Waals surface area contributed by atoms with Gasteiger partial charge in [0.15, 0.2) is 0 Å². The van der Waals surface area contributed by atoms with Crippen molar-refractivity contribution in [2.24, 2.45) is 7.05 Å². The van der Waals surface area contributed by atoms with E-state index in [0.717, 1.165) is 42.2 Å². The molecular formula is C24H28ClN5O2. The van der Waals surface area contributed by atoms with Crippen LogP contribution in [0.25, 0.3) is 11.3 Å². The third kappa shape index (κ3) is 5.81. The topological polar surface area (TPSA) is 71.4 Å². The summed E-state index contributed by atoms with van der Waals surface area (Å²) in [7, 11) is 1.89. The lowest BCUT2D eigenvalue weighted by Gasteiger charge is -2.17. The average Bonchev–Trinajstić information content (AvgIpc) is 3.46. The van der Waals surface area contributed by atoms with E-state index in [-0.39, 0.29) is 6.03 Å². The van der Waals surface area contributed by atoms with Crippen LogP contribution in [0.15, 0.2) is 54.7 Å². The molecule has 2 N–H and O–H groups in total. The number of nitrogens with one attached hydrogen (secondary N) is 2. The highest BCUT2D eigenvalue weighted by Crippen LogP contribution is 2.32. The first-order valence-corrected chi connectivity index (χ1v) is 11.2. The SMILES string of the molecule is Cn1nccc1-c1cc(NC(=O)NCc2ccc(Cl)cc2)ccc1OCCN1CCCC1. The molecule has 0 atom stereocenters. The summed E-state index contributed by atoms with van der Waals surface area (Å²) in [6.45, 7) is 4.24. The highest BCUT2D eigenvalue weighted by atomic mass is 35.5. The summed E-state index contributed by atoms with van der Waals surface area (Å²) < 4.78 is 7.93. The number of carbonyl (C=O) groups is 1. The van der Waals surface area contributed by atoms with Gasteiger partial charge in [0.25, 0.3) is 0 Å². The van der Waals surface area contributed by atoms with Crippen LogP contribution >= 0.6 is 11.6 Å². The fourth-order valence-electron chi connectivity index (χ4n) is 3.82. The van der Waals surface area contributed by atoms with Crippen molar-refractivity contribution in [2.45, 2.75) is 19.4 Å². The Morgan fingerprint density at radius 3 is 2.62 bits per heavy atom. The molecule has 2 heterocycles. The molecule has 0 spiro atoms. The minimum absolute atomic E-state index is 0.279. The molecule has 0 bridgehead atoms. The van der Waals surface area contributed by atoms with E-state index in [1.165, 1.54) is 12.8 Å². The van der Waals surface area contributed by atoms with Crippen molar-refractivity contribution in [3.63, 3.8) is 0 Å². The molecule has 0 unspecified atom stereocenters. The highest BCUT2D eigenvalue weighted by molar-refractivity contribution is 6.30. The molecule has 32 heavy (non-hydrogen) atoms. The fraction of sp³-hybridized carbons (Fsp3) is 0.333. The van der Waals surface area contributed by atoms with Gasteiger partial charge < -0.3 is 15.4 Å². The summed E-state index contributed by atoms with van der Waals surface area (Å²) in [6, 6.07) is 14.7. The fourth-order valence-corrected chi connectivity index (χ4v) is 3.95. The van der Waals surface area contributed by atoms with Gasteiger partial charge in [0.2, 0.25) is 0 Å². The third-order valence-electron chi connectivity index (χ3n) is 5.56. The van der Waals surface area contributed by atoms with Gasteiger partial charge in [-0.05, 0) is 67.9 Å². The van der Waals surface area contributed by atoms with Crippen LogP contribution in [-0.4, -0.2) is 47.0 Å². The minimum Gasteiger partial charge on any atom is -0.492 e. The maximum atomic E-state index is 12.4. The number of ether oxygens (including phenoxy) is 1. The first-order chi connectivity index (χ1) is 15.6. The molecule has 1 saturated heterocycles. The largest absolute Gasteiger partial charge is 0.492 e. The van der Waals surface area contributed by atoms with E-state index in [0.29, 0.717) is 23.9 Å². The van der Waals surface area contributed by atoms with E-state index in [1.54, 1.807) is 23.0 Å². The lowest BCUT2D eigenvalue weighted by atomic mass is 10.1. The summed E-state index contributed by atoms with van der Waals surface area (Å²) in [6.07, 6.45) is 4.28. The molecule has 0 saturated carbocycles. The highest BCUT2D eigenvalue weighted by Gasteiger charge is 2.15. The van der Waals surface area contributed by atoms with Gasteiger partial charge in [0.05, 0.1) is 5.69 Å². The molecule has 2 aromatic carbocycles.